The monoisotopic (exact) mass is 362 g/mol. The molecule has 0 saturated heterocycles. The summed E-state index contributed by atoms with van der Waals surface area (Å²) in [7, 11) is 0. The fourth-order valence-corrected chi connectivity index (χ4v) is 2.14. The van der Waals surface area contributed by atoms with E-state index in [4.69, 9.17) is 14.3 Å². The van der Waals surface area contributed by atoms with E-state index in [0.29, 0.717) is 0 Å². The van der Waals surface area contributed by atoms with Gasteiger partial charge >= 0.3 is 0 Å². The van der Waals surface area contributed by atoms with Gasteiger partial charge in [-0.05, 0) is 18.2 Å². The normalized spacial score (nSPS) is 10.2. The Balaban J connectivity index is 0.000000552. The maximum Gasteiger partial charge on any atom is 0.300 e. The van der Waals surface area contributed by atoms with Gasteiger partial charge < -0.3 is 35.1 Å². The van der Waals surface area contributed by atoms with E-state index in [1.807, 2.05) is 0 Å². The molecule has 0 bridgehead atoms. The lowest BCUT2D eigenvalue weighted by Gasteiger charge is -2.08. The Bertz CT molecular complexity index is 1050. The molecule has 26 heavy (non-hydrogen) atoms. The van der Waals surface area contributed by atoms with E-state index >= 15 is 0 Å². The van der Waals surface area contributed by atoms with Gasteiger partial charge in [-0.3, -0.25) is 9.59 Å². The Morgan fingerprint density at radius 2 is 1.54 bits per heavy atom. The summed E-state index contributed by atoms with van der Waals surface area (Å²) in [5, 5.41) is 55.1. The lowest BCUT2D eigenvalue weighted by atomic mass is 10.1. The van der Waals surface area contributed by atoms with E-state index in [0.717, 1.165) is 31.2 Å². The first kappa shape index (κ1) is 18.5. The smallest absolute Gasteiger partial charge is 0.300 e. The van der Waals surface area contributed by atoms with Crippen molar-refractivity contribution in [3.05, 3.63) is 40.6 Å². The number of benzene rings is 2. The fraction of sp³-hybridized carbons (Fsp3) is 0.0588. The van der Waals surface area contributed by atoms with Crippen molar-refractivity contribution in [3.8, 4) is 40.1 Å². The number of carboxylic acids is 1. The molecule has 3 rings (SSSR count). The van der Waals surface area contributed by atoms with Gasteiger partial charge in [0.15, 0.2) is 17.3 Å². The number of hydrogen-bond donors (Lipinski definition) is 6. The number of phenolic OH excluding ortho intramolecular Hbond substituents is 4. The molecule has 0 amide bonds. The number of rotatable bonds is 1. The van der Waals surface area contributed by atoms with Gasteiger partial charge in [-0.25, -0.2) is 0 Å². The Kier molecular flexibility index (Phi) is 4.92. The zero-order valence-corrected chi connectivity index (χ0v) is 13.3. The fourth-order valence-electron chi connectivity index (χ4n) is 2.14. The zero-order valence-electron chi connectivity index (χ0n) is 13.3. The summed E-state index contributed by atoms with van der Waals surface area (Å²) in [5.41, 5.74) is -0.890. The second kappa shape index (κ2) is 6.93. The van der Waals surface area contributed by atoms with E-state index in [9.17, 15) is 30.3 Å². The van der Waals surface area contributed by atoms with Crippen molar-refractivity contribution in [1.29, 1.82) is 0 Å². The molecule has 1 heterocycles. The highest BCUT2D eigenvalue weighted by Gasteiger charge is 2.19. The highest BCUT2D eigenvalue weighted by molar-refractivity contribution is 5.88. The maximum absolute atomic E-state index is 12.1. The minimum absolute atomic E-state index is 0.134. The molecule has 0 fully saturated rings. The molecular formula is C17H14O9. The van der Waals surface area contributed by atoms with Crippen LogP contribution in [0.25, 0.3) is 22.3 Å². The Hall–Kier alpha value is -3.88. The number of aromatic hydroxyl groups is 5. The van der Waals surface area contributed by atoms with Gasteiger partial charge in [-0.1, -0.05) is 0 Å². The number of carboxylic acid groups (broad SMARTS) is 1. The average molecular weight is 362 g/mol. The molecule has 2 aromatic carbocycles. The molecule has 1 aromatic heterocycles. The first-order valence-corrected chi connectivity index (χ1v) is 7.05. The van der Waals surface area contributed by atoms with Crippen molar-refractivity contribution in [2.24, 2.45) is 0 Å². The molecule has 0 spiro atoms. The summed E-state index contributed by atoms with van der Waals surface area (Å²) in [6.07, 6.45) is 0. The number of carbonyl (C=O) groups is 1. The second-order valence-corrected chi connectivity index (χ2v) is 5.17. The highest BCUT2D eigenvalue weighted by Crippen LogP contribution is 2.37. The molecule has 3 aromatic rings. The van der Waals surface area contributed by atoms with Crippen molar-refractivity contribution < 1.29 is 39.9 Å². The van der Waals surface area contributed by atoms with E-state index in [-0.39, 0.29) is 33.8 Å². The van der Waals surface area contributed by atoms with Crippen LogP contribution >= 0.6 is 0 Å². The van der Waals surface area contributed by atoms with Crippen molar-refractivity contribution in [2.75, 3.05) is 0 Å². The molecule has 136 valence electrons. The van der Waals surface area contributed by atoms with Gasteiger partial charge in [-0.15, -0.1) is 0 Å². The Morgan fingerprint density at radius 3 is 2.12 bits per heavy atom. The average Bonchev–Trinajstić information content (AvgIpc) is 2.52. The minimum atomic E-state index is -0.888. The number of aliphatic carboxylic acids is 1. The van der Waals surface area contributed by atoms with Gasteiger partial charge in [-0.2, -0.15) is 0 Å². The van der Waals surface area contributed by atoms with E-state index in [1.165, 1.54) is 6.07 Å². The third kappa shape index (κ3) is 3.61. The molecule has 9 heteroatoms. The standard InChI is InChI=1S/C15H10O7.C2H4O2/c16-7-4-10(19)12-11(5-7)22-15(14(21)13(12)20)6-1-2-8(17)9(18)3-6;1-2(3)4/h1-5,16-19,21H;1H3,(H,3,4). The van der Waals surface area contributed by atoms with Crippen LogP contribution in [-0.2, 0) is 4.79 Å². The lowest BCUT2D eigenvalue weighted by Crippen LogP contribution is -2.02. The van der Waals surface area contributed by atoms with Gasteiger partial charge in [0, 0.05) is 24.6 Å². The van der Waals surface area contributed by atoms with E-state index in [2.05, 4.69) is 0 Å². The van der Waals surface area contributed by atoms with Gasteiger partial charge in [0.1, 0.15) is 22.5 Å². The third-order valence-electron chi connectivity index (χ3n) is 3.17. The third-order valence-corrected chi connectivity index (χ3v) is 3.17. The largest absolute Gasteiger partial charge is 0.508 e. The van der Waals surface area contributed by atoms with Crippen LogP contribution in [0.4, 0.5) is 0 Å². The van der Waals surface area contributed by atoms with Gasteiger partial charge in [0.25, 0.3) is 5.97 Å². The van der Waals surface area contributed by atoms with Gasteiger partial charge in [0.2, 0.25) is 11.2 Å². The van der Waals surface area contributed by atoms with Crippen LogP contribution in [0.1, 0.15) is 6.92 Å². The SMILES string of the molecule is CC(=O)O.O=c1c(O)c(-c2ccc(O)c(O)c2)oc2cc(O)cc(O)c12. The molecule has 0 atom stereocenters. The molecule has 0 aliphatic heterocycles. The maximum atomic E-state index is 12.1. The van der Waals surface area contributed by atoms with Crippen molar-refractivity contribution in [3.63, 3.8) is 0 Å². The van der Waals surface area contributed by atoms with Crippen molar-refractivity contribution in [2.45, 2.75) is 6.92 Å². The Labute approximate surface area is 145 Å². The lowest BCUT2D eigenvalue weighted by molar-refractivity contribution is -0.134. The summed E-state index contributed by atoms with van der Waals surface area (Å²) in [5.74, 6) is -3.55. The summed E-state index contributed by atoms with van der Waals surface area (Å²) in [4.78, 5) is 21.1. The summed E-state index contributed by atoms with van der Waals surface area (Å²) < 4.78 is 5.35. The summed E-state index contributed by atoms with van der Waals surface area (Å²) in [6.45, 7) is 1.08. The van der Waals surface area contributed by atoms with E-state index < -0.39 is 28.6 Å². The zero-order chi connectivity index (χ0) is 19.6. The van der Waals surface area contributed by atoms with Crippen LogP contribution in [0, 0.1) is 0 Å². The predicted molar refractivity (Wildman–Crippen MR) is 89.6 cm³/mol. The predicted octanol–water partition coefficient (Wildman–Crippen LogP) is 2.08. The molecule has 6 N–H and O–H groups in total. The van der Waals surface area contributed by atoms with Crippen LogP contribution in [0.15, 0.2) is 39.5 Å². The molecule has 0 aliphatic rings. The van der Waals surface area contributed by atoms with E-state index in [1.54, 1.807) is 0 Å². The topological polar surface area (TPSA) is 169 Å². The molecule has 0 saturated carbocycles. The first-order chi connectivity index (χ1) is 12.1. The second-order valence-electron chi connectivity index (χ2n) is 5.17. The van der Waals surface area contributed by atoms with Crippen LogP contribution in [0.5, 0.6) is 28.7 Å². The van der Waals surface area contributed by atoms with Crippen LogP contribution in [0.3, 0.4) is 0 Å². The summed E-state index contributed by atoms with van der Waals surface area (Å²) in [6, 6.07) is 5.64. The van der Waals surface area contributed by atoms with Crippen molar-refractivity contribution >= 4 is 16.9 Å². The van der Waals surface area contributed by atoms with Crippen molar-refractivity contribution in [1.82, 2.24) is 0 Å². The molecule has 0 radical (unpaired) electrons. The molecule has 0 aliphatic carbocycles. The minimum Gasteiger partial charge on any atom is -0.508 e. The highest BCUT2D eigenvalue weighted by atomic mass is 16.4. The molecular weight excluding hydrogens is 348 g/mol. The van der Waals surface area contributed by atoms with Gasteiger partial charge in [0.05, 0.1) is 0 Å². The van der Waals surface area contributed by atoms with Crippen LogP contribution in [0.2, 0.25) is 0 Å². The quantitative estimate of drug-likeness (QED) is 0.355. The number of hydrogen-bond acceptors (Lipinski definition) is 8. The number of phenols is 4. The molecule has 9 nitrogen and oxygen atoms in total. The Morgan fingerprint density at radius 1 is 0.923 bits per heavy atom. The first-order valence-electron chi connectivity index (χ1n) is 7.05. The number of fused-ring (bicyclic) bond motifs is 1. The van der Waals surface area contributed by atoms with Crippen LogP contribution in [-0.4, -0.2) is 36.6 Å². The molecule has 0 unspecified atom stereocenters. The van der Waals surface area contributed by atoms with Crippen LogP contribution < -0.4 is 5.43 Å². The summed E-state index contributed by atoms with van der Waals surface area (Å²) >= 11 is 0.